The Hall–Kier alpha value is -0.870. The van der Waals surface area contributed by atoms with Crippen LogP contribution in [-0.2, 0) is 19.5 Å². The van der Waals surface area contributed by atoms with E-state index in [0.29, 0.717) is 23.4 Å². The van der Waals surface area contributed by atoms with Crippen LogP contribution in [0.3, 0.4) is 0 Å². The summed E-state index contributed by atoms with van der Waals surface area (Å²) in [4.78, 5) is -0.0115. The van der Waals surface area contributed by atoms with Gasteiger partial charge >= 0.3 is 0 Å². The molecule has 0 saturated carbocycles. The molecule has 1 aromatic carbocycles. The molecule has 7 nitrogen and oxygen atoms in total. The fourth-order valence-electron chi connectivity index (χ4n) is 1.49. The first-order valence-electron chi connectivity index (χ1n) is 6.11. The molecule has 9 heteroatoms. The summed E-state index contributed by atoms with van der Waals surface area (Å²) in [5, 5.41) is 0. The third-order valence-electron chi connectivity index (χ3n) is 2.54. The maximum absolute atomic E-state index is 12.2. The van der Waals surface area contributed by atoms with E-state index in [4.69, 9.17) is 19.9 Å². The highest BCUT2D eigenvalue weighted by atomic mass is 79.9. The van der Waals surface area contributed by atoms with E-state index in [0.717, 1.165) is 0 Å². The lowest BCUT2D eigenvalue weighted by Gasteiger charge is -2.12. The van der Waals surface area contributed by atoms with E-state index in [1.54, 1.807) is 7.11 Å². The Morgan fingerprint density at radius 3 is 2.57 bits per heavy atom. The zero-order valence-electron chi connectivity index (χ0n) is 11.9. The van der Waals surface area contributed by atoms with Crippen molar-refractivity contribution in [2.75, 3.05) is 46.3 Å². The SMILES string of the molecule is COCCOCCNS(=O)(=O)c1cc(N)c(Br)cc1OC. The van der Waals surface area contributed by atoms with Crippen LogP contribution in [0.25, 0.3) is 0 Å². The minimum Gasteiger partial charge on any atom is -0.495 e. The van der Waals surface area contributed by atoms with Gasteiger partial charge in [-0.3, -0.25) is 0 Å². The zero-order chi connectivity index (χ0) is 15.9. The summed E-state index contributed by atoms with van der Waals surface area (Å²) in [5.74, 6) is 0.212. The molecule has 0 heterocycles. The standard InChI is InChI=1S/C12H19BrN2O5S/c1-18-5-6-20-4-3-15-21(16,17)12-8-10(14)9(13)7-11(12)19-2/h7-8,15H,3-6,14H2,1-2H3. The zero-order valence-corrected chi connectivity index (χ0v) is 14.3. The van der Waals surface area contributed by atoms with Crippen molar-refractivity contribution < 1.29 is 22.6 Å². The molecule has 0 aliphatic heterocycles. The van der Waals surface area contributed by atoms with Crippen molar-refractivity contribution in [2.24, 2.45) is 0 Å². The van der Waals surface area contributed by atoms with Gasteiger partial charge in [0, 0.05) is 23.8 Å². The third kappa shape index (κ3) is 5.44. The highest BCUT2D eigenvalue weighted by Crippen LogP contribution is 2.32. The topological polar surface area (TPSA) is 99.9 Å². The molecule has 0 bridgehead atoms. The van der Waals surface area contributed by atoms with Crippen LogP contribution >= 0.6 is 15.9 Å². The van der Waals surface area contributed by atoms with E-state index in [2.05, 4.69) is 20.7 Å². The predicted molar refractivity (Wildman–Crippen MR) is 83.0 cm³/mol. The minimum absolute atomic E-state index is 0.0115. The highest BCUT2D eigenvalue weighted by molar-refractivity contribution is 9.10. The van der Waals surface area contributed by atoms with Crippen molar-refractivity contribution in [3.8, 4) is 5.75 Å². The number of nitrogen functional groups attached to an aromatic ring is 1. The monoisotopic (exact) mass is 382 g/mol. The Morgan fingerprint density at radius 1 is 1.24 bits per heavy atom. The van der Waals surface area contributed by atoms with Gasteiger partial charge in [0.05, 0.1) is 26.9 Å². The molecule has 21 heavy (non-hydrogen) atoms. The van der Waals surface area contributed by atoms with Crippen LogP contribution < -0.4 is 15.2 Å². The van der Waals surface area contributed by atoms with Crippen LogP contribution in [0.2, 0.25) is 0 Å². The van der Waals surface area contributed by atoms with Crippen LogP contribution in [-0.4, -0.2) is 49.0 Å². The lowest BCUT2D eigenvalue weighted by atomic mass is 10.3. The molecule has 0 fully saturated rings. The molecule has 1 rings (SSSR count). The van der Waals surface area contributed by atoms with Gasteiger partial charge in [-0.2, -0.15) is 0 Å². The first-order chi connectivity index (χ1) is 9.92. The molecule has 0 aliphatic carbocycles. The fourth-order valence-corrected chi connectivity index (χ4v) is 3.01. The minimum atomic E-state index is -3.72. The number of nitrogens with two attached hydrogens (primary N) is 1. The molecule has 0 aromatic heterocycles. The van der Waals surface area contributed by atoms with Crippen LogP contribution in [0.4, 0.5) is 5.69 Å². The number of methoxy groups -OCH3 is 2. The van der Waals surface area contributed by atoms with Crippen molar-refractivity contribution >= 4 is 31.6 Å². The fraction of sp³-hybridized carbons (Fsp3) is 0.500. The van der Waals surface area contributed by atoms with Gasteiger partial charge < -0.3 is 19.9 Å². The summed E-state index contributed by atoms with van der Waals surface area (Å²) >= 11 is 3.22. The van der Waals surface area contributed by atoms with Crippen molar-refractivity contribution in [3.63, 3.8) is 0 Å². The molecule has 0 unspecified atom stereocenters. The number of hydrogen-bond acceptors (Lipinski definition) is 6. The van der Waals surface area contributed by atoms with E-state index in [1.165, 1.54) is 19.2 Å². The van der Waals surface area contributed by atoms with E-state index in [1.807, 2.05) is 0 Å². The average molecular weight is 383 g/mol. The number of sulfonamides is 1. The van der Waals surface area contributed by atoms with Crippen LogP contribution in [0.1, 0.15) is 0 Å². The number of halogens is 1. The Bertz CT molecular complexity index is 565. The molecule has 0 amide bonds. The number of rotatable bonds is 9. The number of hydrogen-bond donors (Lipinski definition) is 2. The Morgan fingerprint density at radius 2 is 1.95 bits per heavy atom. The van der Waals surface area contributed by atoms with Crippen molar-refractivity contribution in [1.82, 2.24) is 4.72 Å². The lowest BCUT2D eigenvalue weighted by molar-refractivity contribution is 0.0736. The Kier molecular flexibility index (Phi) is 7.40. The molecule has 120 valence electrons. The Balaban J connectivity index is 2.72. The van der Waals surface area contributed by atoms with E-state index in [9.17, 15) is 8.42 Å². The molecular formula is C12H19BrN2O5S. The molecule has 0 spiro atoms. The van der Waals surface area contributed by atoms with Crippen LogP contribution in [0, 0.1) is 0 Å². The normalized spacial score (nSPS) is 11.6. The summed E-state index contributed by atoms with van der Waals surface area (Å²) in [6.45, 7) is 1.26. The average Bonchev–Trinajstić information content (AvgIpc) is 2.45. The van der Waals surface area contributed by atoms with Gasteiger partial charge in [-0.25, -0.2) is 13.1 Å². The second-order valence-electron chi connectivity index (χ2n) is 4.03. The number of benzene rings is 1. The molecule has 0 saturated heterocycles. The number of nitrogens with one attached hydrogen (secondary N) is 1. The van der Waals surface area contributed by atoms with Crippen molar-refractivity contribution in [2.45, 2.75) is 4.90 Å². The third-order valence-corrected chi connectivity index (χ3v) is 4.71. The van der Waals surface area contributed by atoms with Gasteiger partial charge in [-0.1, -0.05) is 0 Å². The molecule has 1 aromatic rings. The van der Waals surface area contributed by atoms with E-state index >= 15 is 0 Å². The largest absolute Gasteiger partial charge is 0.495 e. The van der Waals surface area contributed by atoms with Gasteiger partial charge in [-0.05, 0) is 28.1 Å². The van der Waals surface area contributed by atoms with Crippen LogP contribution in [0.15, 0.2) is 21.5 Å². The van der Waals surface area contributed by atoms with Crippen LogP contribution in [0.5, 0.6) is 5.75 Å². The molecule has 0 radical (unpaired) electrons. The van der Waals surface area contributed by atoms with E-state index in [-0.39, 0.29) is 23.8 Å². The maximum Gasteiger partial charge on any atom is 0.244 e. The lowest BCUT2D eigenvalue weighted by Crippen LogP contribution is -2.28. The number of anilines is 1. The first-order valence-corrected chi connectivity index (χ1v) is 8.39. The predicted octanol–water partition coefficient (Wildman–Crippen LogP) is 0.981. The molecule has 0 aliphatic rings. The summed E-state index contributed by atoms with van der Waals surface area (Å²) < 4.78 is 42.5. The molecule has 3 N–H and O–H groups in total. The summed E-state index contributed by atoms with van der Waals surface area (Å²) in [7, 11) is -0.763. The van der Waals surface area contributed by atoms with Gasteiger partial charge in [0.1, 0.15) is 10.6 Å². The molecule has 0 atom stereocenters. The first kappa shape index (κ1) is 18.2. The summed E-state index contributed by atoms with van der Waals surface area (Å²) in [6, 6.07) is 2.86. The van der Waals surface area contributed by atoms with E-state index < -0.39 is 10.0 Å². The second kappa shape index (κ2) is 8.54. The Labute approximate surface area is 132 Å². The number of ether oxygens (including phenoxy) is 3. The van der Waals surface area contributed by atoms with Gasteiger partial charge in [0.2, 0.25) is 10.0 Å². The van der Waals surface area contributed by atoms with Crippen molar-refractivity contribution in [3.05, 3.63) is 16.6 Å². The quantitative estimate of drug-likeness (QED) is 0.487. The highest BCUT2D eigenvalue weighted by Gasteiger charge is 2.20. The summed E-state index contributed by atoms with van der Waals surface area (Å²) in [5.41, 5.74) is 6.03. The summed E-state index contributed by atoms with van der Waals surface area (Å²) in [6.07, 6.45) is 0. The van der Waals surface area contributed by atoms with Gasteiger partial charge in [0.15, 0.2) is 0 Å². The maximum atomic E-state index is 12.2. The van der Waals surface area contributed by atoms with Gasteiger partial charge in [0.25, 0.3) is 0 Å². The molecular weight excluding hydrogens is 364 g/mol. The second-order valence-corrected chi connectivity index (χ2v) is 6.62. The van der Waals surface area contributed by atoms with Gasteiger partial charge in [-0.15, -0.1) is 0 Å². The smallest absolute Gasteiger partial charge is 0.244 e. The van der Waals surface area contributed by atoms with Crippen molar-refractivity contribution in [1.29, 1.82) is 0 Å².